The quantitative estimate of drug-likeness (QED) is 0.512. The number of anilines is 1. The third-order valence-electron chi connectivity index (χ3n) is 3.97. The van der Waals surface area contributed by atoms with Crippen molar-refractivity contribution in [1.29, 1.82) is 0 Å². The van der Waals surface area contributed by atoms with E-state index in [-0.39, 0.29) is 11.8 Å². The molecule has 0 radical (unpaired) electrons. The lowest BCUT2D eigenvalue weighted by atomic mass is 10.1. The van der Waals surface area contributed by atoms with Gasteiger partial charge in [-0.1, -0.05) is 59.6 Å². The number of hydrogen-bond acceptors (Lipinski definition) is 6. The van der Waals surface area contributed by atoms with Crippen LogP contribution in [0.25, 0.3) is 16.3 Å². The number of nitrogens with one attached hydrogen (secondary N) is 1. The number of para-hydroxylation sites is 1. The maximum absolute atomic E-state index is 12.4. The summed E-state index contributed by atoms with van der Waals surface area (Å²) in [6.45, 7) is 0. The lowest BCUT2D eigenvalue weighted by Gasteiger charge is -2.04. The molecule has 0 aliphatic carbocycles. The van der Waals surface area contributed by atoms with E-state index in [9.17, 15) is 9.59 Å². The summed E-state index contributed by atoms with van der Waals surface area (Å²) in [5.74, 6) is -0.330. The number of aromatic nitrogens is 1. The van der Waals surface area contributed by atoms with Gasteiger partial charge < -0.3 is 0 Å². The van der Waals surface area contributed by atoms with Gasteiger partial charge in [-0.3, -0.25) is 19.8 Å². The average Bonchev–Trinajstić information content (AvgIpc) is 3.18. The highest BCUT2D eigenvalue weighted by atomic mass is 32.2. The molecule has 1 aromatic heterocycles. The zero-order chi connectivity index (χ0) is 19.0. The Morgan fingerprint density at radius 2 is 1.93 bits per heavy atom. The molecule has 1 aliphatic heterocycles. The standard InChI is InChI=1S/C19H13N3O2S3/c1-22-17(24)15(27-19(22)25)10-11-6-8-12(9-7-11)16(23)21-18-20-13-4-2-3-5-14(13)26-18/h2-10H,1H3,(H,20,21,23). The predicted molar refractivity (Wildman–Crippen MR) is 115 cm³/mol. The molecule has 0 unspecified atom stereocenters. The minimum absolute atomic E-state index is 0.109. The van der Waals surface area contributed by atoms with Crippen LogP contribution in [0.15, 0.2) is 53.4 Å². The summed E-state index contributed by atoms with van der Waals surface area (Å²) >= 11 is 7.83. The monoisotopic (exact) mass is 411 g/mol. The molecule has 0 saturated carbocycles. The van der Waals surface area contributed by atoms with E-state index in [4.69, 9.17) is 12.2 Å². The maximum Gasteiger partial charge on any atom is 0.265 e. The number of thiocarbonyl (C=S) groups is 1. The number of rotatable bonds is 3. The first-order chi connectivity index (χ1) is 13.0. The van der Waals surface area contributed by atoms with Crippen LogP contribution in [0.4, 0.5) is 5.13 Å². The molecule has 2 heterocycles. The van der Waals surface area contributed by atoms with E-state index in [0.717, 1.165) is 15.8 Å². The van der Waals surface area contributed by atoms with Crippen molar-refractivity contribution in [3.8, 4) is 0 Å². The first-order valence-corrected chi connectivity index (χ1v) is 10.0. The van der Waals surface area contributed by atoms with Crippen LogP contribution < -0.4 is 5.32 Å². The van der Waals surface area contributed by atoms with Gasteiger partial charge in [-0.15, -0.1) is 0 Å². The van der Waals surface area contributed by atoms with Gasteiger partial charge in [0.1, 0.15) is 4.32 Å². The smallest absolute Gasteiger partial charge is 0.265 e. The van der Waals surface area contributed by atoms with Crippen molar-refractivity contribution in [1.82, 2.24) is 9.88 Å². The van der Waals surface area contributed by atoms with Crippen molar-refractivity contribution < 1.29 is 9.59 Å². The topological polar surface area (TPSA) is 62.3 Å². The second-order valence-corrected chi connectivity index (χ2v) is 8.51. The number of likely N-dealkylation sites (N-methyl/N-ethyl adjacent to an activating group) is 1. The van der Waals surface area contributed by atoms with E-state index in [2.05, 4.69) is 10.3 Å². The summed E-state index contributed by atoms with van der Waals surface area (Å²) in [4.78, 5) is 30.9. The highest BCUT2D eigenvalue weighted by molar-refractivity contribution is 8.26. The number of thioether (sulfide) groups is 1. The third-order valence-corrected chi connectivity index (χ3v) is 6.41. The van der Waals surface area contributed by atoms with Gasteiger partial charge in [0, 0.05) is 12.6 Å². The number of hydrogen-bond donors (Lipinski definition) is 1. The Kier molecular flexibility index (Phi) is 4.77. The fourth-order valence-electron chi connectivity index (χ4n) is 2.52. The molecule has 5 nitrogen and oxygen atoms in total. The van der Waals surface area contributed by atoms with E-state index in [1.165, 1.54) is 28.0 Å². The summed E-state index contributed by atoms with van der Waals surface area (Å²) in [5.41, 5.74) is 2.22. The SMILES string of the molecule is CN1C(=O)C(=Cc2ccc(C(=O)Nc3nc4ccccc4s3)cc2)SC1=S. The molecule has 2 amide bonds. The molecular formula is C19H13N3O2S3. The van der Waals surface area contributed by atoms with Crippen molar-refractivity contribution in [2.45, 2.75) is 0 Å². The molecule has 1 fully saturated rings. The van der Waals surface area contributed by atoms with Gasteiger partial charge in [0.25, 0.3) is 11.8 Å². The maximum atomic E-state index is 12.4. The fraction of sp³-hybridized carbons (Fsp3) is 0.0526. The minimum Gasteiger partial charge on any atom is -0.298 e. The molecule has 134 valence electrons. The molecule has 0 spiro atoms. The molecule has 1 N–H and O–H groups in total. The lowest BCUT2D eigenvalue weighted by molar-refractivity contribution is -0.121. The number of nitrogens with zero attached hydrogens (tertiary/aromatic N) is 2. The van der Waals surface area contributed by atoms with Gasteiger partial charge >= 0.3 is 0 Å². The molecule has 1 aliphatic rings. The summed E-state index contributed by atoms with van der Waals surface area (Å²) in [7, 11) is 1.66. The molecular weight excluding hydrogens is 398 g/mol. The van der Waals surface area contributed by atoms with Crippen LogP contribution in [0.1, 0.15) is 15.9 Å². The molecule has 27 heavy (non-hydrogen) atoms. The molecule has 0 atom stereocenters. The van der Waals surface area contributed by atoms with Crippen LogP contribution >= 0.6 is 35.3 Å². The molecule has 4 rings (SSSR count). The number of benzene rings is 2. The van der Waals surface area contributed by atoms with Crippen LogP contribution in [0.5, 0.6) is 0 Å². The Labute approximate surface area is 169 Å². The van der Waals surface area contributed by atoms with Crippen LogP contribution in [0, 0.1) is 0 Å². The number of thiazole rings is 1. The van der Waals surface area contributed by atoms with Gasteiger partial charge in [0.2, 0.25) is 0 Å². The van der Waals surface area contributed by atoms with E-state index in [1.54, 1.807) is 37.4 Å². The summed E-state index contributed by atoms with van der Waals surface area (Å²) in [6, 6.07) is 14.8. The van der Waals surface area contributed by atoms with Gasteiger partial charge in [-0.2, -0.15) is 0 Å². The Morgan fingerprint density at radius 1 is 1.19 bits per heavy atom. The zero-order valence-electron chi connectivity index (χ0n) is 14.1. The van der Waals surface area contributed by atoms with Crippen LogP contribution in [0.2, 0.25) is 0 Å². The van der Waals surface area contributed by atoms with Gasteiger partial charge in [0.15, 0.2) is 5.13 Å². The first-order valence-electron chi connectivity index (χ1n) is 8.00. The van der Waals surface area contributed by atoms with Crippen molar-refractivity contribution >= 4 is 72.9 Å². The second kappa shape index (κ2) is 7.22. The molecule has 3 aromatic rings. The number of carbonyl (C=O) groups is 2. The second-order valence-electron chi connectivity index (χ2n) is 5.80. The largest absolute Gasteiger partial charge is 0.298 e. The number of fused-ring (bicyclic) bond motifs is 1. The van der Waals surface area contributed by atoms with Crippen LogP contribution in [0.3, 0.4) is 0 Å². The summed E-state index contributed by atoms with van der Waals surface area (Å²) < 4.78 is 1.56. The van der Waals surface area contributed by atoms with E-state index >= 15 is 0 Å². The Balaban J connectivity index is 1.49. The number of amides is 2. The normalized spacial score (nSPS) is 15.7. The summed E-state index contributed by atoms with van der Waals surface area (Å²) in [5, 5.41) is 3.40. The average molecular weight is 412 g/mol. The lowest BCUT2D eigenvalue weighted by Crippen LogP contribution is -2.22. The highest BCUT2D eigenvalue weighted by Gasteiger charge is 2.28. The minimum atomic E-state index is -0.222. The zero-order valence-corrected chi connectivity index (χ0v) is 16.6. The Bertz CT molecular complexity index is 1070. The molecule has 0 bridgehead atoms. The Hall–Kier alpha value is -2.55. The Morgan fingerprint density at radius 3 is 2.59 bits per heavy atom. The summed E-state index contributed by atoms with van der Waals surface area (Å²) in [6.07, 6.45) is 1.78. The molecule has 2 aromatic carbocycles. The van der Waals surface area contributed by atoms with Crippen molar-refractivity contribution in [2.24, 2.45) is 0 Å². The van der Waals surface area contributed by atoms with E-state index in [0.29, 0.717) is 19.9 Å². The predicted octanol–water partition coefficient (Wildman–Crippen LogP) is 4.38. The van der Waals surface area contributed by atoms with Gasteiger partial charge in [-0.25, -0.2) is 4.98 Å². The van der Waals surface area contributed by atoms with Crippen LogP contribution in [-0.2, 0) is 4.79 Å². The van der Waals surface area contributed by atoms with E-state index in [1.807, 2.05) is 24.3 Å². The van der Waals surface area contributed by atoms with Crippen molar-refractivity contribution in [3.63, 3.8) is 0 Å². The van der Waals surface area contributed by atoms with Gasteiger partial charge in [0.05, 0.1) is 15.1 Å². The van der Waals surface area contributed by atoms with E-state index < -0.39 is 0 Å². The fourth-order valence-corrected chi connectivity index (χ4v) is 4.56. The highest BCUT2D eigenvalue weighted by Crippen LogP contribution is 2.31. The first kappa shape index (κ1) is 17.8. The van der Waals surface area contributed by atoms with Crippen molar-refractivity contribution in [3.05, 3.63) is 64.6 Å². The van der Waals surface area contributed by atoms with Gasteiger partial charge in [-0.05, 0) is 35.9 Å². The number of carbonyl (C=O) groups excluding carboxylic acids is 2. The molecule has 1 saturated heterocycles. The molecule has 8 heteroatoms. The van der Waals surface area contributed by atoms with Crippen molar-refractivity contribution in [2.75, 3.05) is 12.4 Å². The van der Waals surface area contributed by atoms with Crippen LogP contribution in [-0.4, -0.2) is 33.1 Å². The third kappa shape index (κ3) is 3.64.